The van der Waals surface area contributed by atoms with Crippen LogP contribution in [-0.4, -0.2) is 15.8 Å². The van der Waals surface area contributed by atoms with Crippen LogP contribution in [0.1, 0.15) is 48.7 Å². The first-order valence-electron chi connectivity index (χ1n) is 5.79. The zero-order chi connectivity index (χ0) is 10.8. The number of fused-ring (bicyclic) bond motifs is 1. The maximum Gasteiger partial charge on any atom is 0.170 e. The Labute approximate surface area is 90.5 Å². The molecule has 1 unspecified atom stereocenters. The van der Waals surface area contributed by atoms with E-state index in [0.29, 0.717) is 11.6 Å². The molecule has 0 amide bonds. The number of aldehydes is 1. The molecule has 0 aliphatic carbocycles. The van der Waals surface area contributed by atoms with Crippen LogP contribution in [0.3, 0.4) is 0 Å². The standard InChI is InChI=1S/C12H18N2O/c1-3-4-12-13-10(8-15)11-7-9(2)5-6-14(11)12/h8-9H,3-7H2,1-2H3. The highest BCUT2D eigenvalue weighted by Gasteiger charge is 2.22. The normalized spacial score (nSPS) is 20.0. The molecular weight excluding hydrogens is 188 g/mol. The average Bonchev–Trinajstić information content (AvgIpc) is 2.56. The maximum atomic E-state index is 10.9. The van der Waals surface area contributed by atoms with E-state index in [9.17, 15) is 4.79 Å². The number of imidazole rings is 1. The molecule has 3 heteroatoms. The van der Waals surface area contributed by atoms with Gasteiger partial charge in [-0.15, -0.1) is 0 Å². The van der Waals surface area contributed by atoms with Gasteiger partial charge in [0.1, 0.15) is 11.5 Å². The Morgan fingerprint density at radius 3 is 3.07 bits per heavy atom. The molecule has 82 valence electrons. The monoisotopic (exact) mass is 206 g/mol. The predicted molar refractivity (Wildman–Crippen MR) is 59.1 cm³/mol. The predicted octanol–water partition coefficient (Wildman–Crippen LogP) is 2.23. The molecule has 3 nitrogen and oxygen atoms in total. The van der Waals surface area contributed by atoms with Crippen molar-refractivity contribution < 1.29 is 4.79 Å². The minimum Gasteiger partial charge on any atom is -0.331 e. The Hall–Kier alpha value is -1.12. The van der Waals surface area contributed by atoms with Gasteiger partial charge in [-0.3, -0.25) is 4.79 Å². The Kier molecular flexibility index (Phi) is 2.89. The largest absolute Gasteiger partial charge is 0.331 e. The number of carbonyl (C=O) groups is 1. The van der Waals surface area contributed by atoms with E-state index in [1.807, 2.05) is 0 Å². The number of aryl methyl sites for hydroxylation is 1. The van der Waals surface area contributed by atoms with Crippen LogP contribution in [0.25, 0.3) is 0 Å². The maximum absolute atomic E-state index is 10.9. The van der Waals surface area contributed by atoms with Crippen LogP contribution >= 0.6 is 0 Å². The van der Waals surface area contributed by atoms with E-state index in [2.05, 4.69) is 23.4 Å². The molecule has 2 rings (SSSR count). The first kappa shape index (κ1) is 10.4. The van der Waals surface area contributed by atoms with Gasteiger partial charge in [-0.2, -0.15) is 0 Å². The highest BCUT2D eigenvalue weighted by Crippen LogP contribution is 2.24. The number of carbonyl (C=O) groups excluding carboxylic acids is 1. The quantitative estimate of drug-likeness (QED) is 0.711. The lowest BCUT2D eigenvalue weighted by atomic mass is 9.97. The zero-order valence-electron chi connectivity index (χ0n) is 9.49. The van der Waals surface area contributed by atoms with E-state index < -0.39 is 0 Å². The summed E-state index contributed by atoms with van der Waals surface area (Å²) in [7, 11) is 0. The van der Waals surface area contributed by atoms with Gasteiger partial charge in [-0.05, 0) is 25.2 Å². The molecule has 0 N–H and O–H groups in total. The highest BCUT2D eigenvalue weighted by molar-refractivity contribution is 5.74. The number of aromatic nitrogens is 2. The van der Waals surface area contributed by atoms with Crippen LogP contribution < -0.4 is 0 Å². The summed E-state index contributed by atoms with van der Waals surface area (Å²) in [6, 6.07) is 0. The number of nitrogens with zero attached hydrogens (tertiary/aromatic N) is 2. The van der Waals surface area contributed by atoms with Crippen molar-refractivity contribution in [1.82, 2.24) is 9.55 Å². The molecule has 1 aliphatic rings. The Balaban J connectivity index is 2.40. The molecule has 0 fully saturated rings. The smallest absolute Gasteiger partial charge is 0.170 e. The second kappa shape index (κ2) is 4.17. The van der Waals surface area contributed by atoms with Crippen molar-refractivity contribution in [2.75, 3.05) is 0 Å². The van der Waals surface area contributed by atoms with Crippen molar-refractivity contribution in [1.29, 1.82) is 0 Å². The first-order chi connectivity index (χ1) is 7.26. The summed E-state index contributed by atoms with van der Waals surface area (Å²) in [5, 5.41) is 0. The van der Waals surface area contributed by atoms with Gasteiger partial charge < -0.3 is 4.57 Å². The summed E-state index contributed by atoms with van der Waals surface area (Å²) in [6.45, 7) is 5.42. The molecule has 0 saturated heterocycles. The SMILES string of the molecule is CCCc1nc(C=O)c2n1CCC(C)C2. The molecule has 0 saturated carbocycles. The second-order valence-corrected chi connectivity index (χ2v) is 4.48. The number of hydrogen-bond acceptors (Lipinski definition) is 2. The second-order valence-electron chi connectivity index (χ2n) is 4.48. The van der Waals surface area contributed by atoms with E-state index in [1.54, 1.807) is 0 Å². The topological polar surface area (TPSA) is 34.9 Å². The van der Waals surface area contributed by atoms with E-state index in [0.717, 1.165) is 43.6 Å². The molecule has 1 aromatic heterocycles. The third kappa shape index (κ3) is 1.83. The minimum absolute atomic E-state index is 0.671. The summed E-state index contributed by atoms with van der Waals surface area (Å²) in [4.78, 5) is 15.4. The van der Waals surface area contributed by atoms with Crippen LogP contribution in [0.15, 0.2) is 0 Å². The van der Waals surface area contributed by atoms with E-state index >= 15 is 0 Å². The Morgan fingerprint density at radius 1 is 1.60 bits per heavy atom. The fraction of sp³-hybridized carbons (Fsp3) is 0.667. The van der Waals surface area contributed by atoms with E-state index in [1.165, 1.54) is 6.42 Å². The highest BCUT2D eigenvalue weighted by atomic mass is 16.1. The molecule has 0 spiro atoms. The van der Waals surface area contributed by atoms with Crippen molar-refractivity contribution >= 4 is 6.29 Å². The molecule has 1 atom stereocenters. The summed E-state index contributed by atoms with van der Waals surface area (Å²) >= 11 is 0. The molecule has 1 aromatic rings. The number of hydrogen-bond donors (Lipinski definition) is 0. The Bertz CT molecular complexity index is 368. The van der Waals surface area contributed by atoms with E-state index in [-0.39, 0.29) is 0 Å². The lowest BCUT2D eigenvalue weighted by molar-refractivity contribution is 0.111. The minimum atomic E-state index is 0.671. The first-order valence-corrected chi connectivity index (χ1v) is 5.79. The third-order valence-electron chi connectivity index (χ3n) is 3.16. The Morgan fingerprint density at radius 2 is 2.40 bits per heavy atom. The van der Waals surface area contributed by atoms with Gasteiger partial charge in [0.2, 0.25) is 0 Å². The van der Waals surface area contributed by atoms with Crippen LogP contribution in [0.2, 0.25) is 0 Å². The van der Waals surface area contributed by atoms with Crippen molar-refractivity contribution in [3.8, 4) is 0 Å². The molecule has 0 aromatic carbocycles. The summed E-state index contributed by atoms with van der Waals surface area (Å²) in [5.41, 5.74) is 1.83. The average molecular weight is 206 g/mol. The fourth-order valence-electron chi connectivity index (χ4n) is 2.33. The lowest BCUT2D eigenvalue weighted by Crippen LogP contribution is -2.19. The van der Waals surface area contributed by atoms with Gasteiger partial charge in [0.05, 0.1) is 0 Å². The van der Waals surface area contributed by atoms with Gasteiger partial charge in [0, 0.05) is 18.7 Å². The molecular formula is C12H18N2O. The van der Waals surface area contributed by atoms with Crippen molar-refractivity contribution in [3.63, 3.8) is 0 Å². The van der Waals surface area contributed by atoms with Gasteiger partial charge in [0.15, 0.2) is 6.29 Å². The lowest BCUT2D eigenvalue weighted by Gasteiger charge is -2.22. The van der Waals surface area contributed by atoms with E-state index in [4.69, 9.17) is 0 Å². The summed E-state index contributed by atoms with van der Waals surface area (Å²) < 4.78 is 2.26. The molecule has 0 bridgehead atoms. The van der Waals surface area contributed by atoms with Crippen molar-refractivity contribution in [2.45, 2.75) is 46.1 Å². The summed E-state index contributed by atoms with van der Waals surface area (Å²) in [5.74, 6) is 1.78. The van der Waals surface area contributed by atoms with Crippen molar-refractivity contribution in [2.24, 2.45) is 5.92 Å². The molecule has 1 aliphatic heterocycles. The fourth-order valence-corrected chi connectivity index (χ4v) is 2.33. The van der Waals surface area contributed by atoms with Gasteiger partial charge in [0.25, 0.3) is 0 Å². The molecule has 2 heterocycles. The van der Waals surface area contributed by atoms with Gasteiger partial charge >= 0.3 is 0 Å². The number of rotatable bonds is 3. The zero-order valence-corrected chi connectivity index (χ0v) is 9.49. The molecule has 15 heavy (non-hydrogen) atoms. The van der Waals surface area contributed by atoms with Gasteiger partial charge in [-0.25, -0.2) is 4.98 Å². The van der Waals surface area contributed by atoms with Crippen molar-refractivity contribution in [3.05, 3.63) is 17.2 Å². The molecule has 0 radical (unpaired) electrons. The van der Waals surface area contributed by atoms with Crippen LogP contribution in [0, 0.1) is 5.92 Å². The van der Waals surface area contributed by atoms with Gasteiger partial charge in [-0.1, -0.05) is 13.8 Å². The third-order valence-corrected chi connectivity index (χ3v) is 3.16. The van der Waals surface area contributed by atoms with Crippen LogP contribution in [0.5, 0.6) is 0 Å². The van der Waals surface area contributed by atoms with Crippen LogP contribution in [-0.2, 0) is 19.4 Å². The van der Waals surface area contributed by atoms with Crippen LogP contribution in [0.4, 0.5) is 0 Å². The summed E-state index contributed by atoms with van der Waals surface area (Å²) in [6.07, 6.45) is 5.19.